The van der Waals surface area contributed by atoms with E-state index in [-0.39, 0.29) is 0 Å². The first kappa shape index (κ1) is 17.2. The van der Waals surface area contributed by atoms with E-state index in [0.717, 1.165) is 32.3 Å². The summed E-state index contributed by atoms with van der Waals surface area (Å²) in [6, 6.07) is 8.06. The van der Waals surface area contributed by atoms with Crippen molar-refractivity contribution in [1.82, 2.24) is 29.1 Å². The topological polar surface area (TPSA) is 72.9 Å². The molecule has 4 heterocycles. The first-order chi connectivity index (χ1) is 13.3. The second-order valence-corrected chi connectivity index (χ2v) is 6.66. The van der Waals surface area contributed by atoms with E-state index in [1.165, 1.54) is 0 Å². The van der Waals surface area contributed by atoms with Crippen LogP contribution in [0.25, 0.3) is 27.1 Å². The molecule has 0 amide bonds. The molecule has 0 unspecified atom stereocenters. The molecule has 27 heavy (non-hydrogen) atoms. The summed E-state index contributed by atoms with van der Waals surface area (Å²) in [4.78, 5) is 13.6. The zero-order valence-corrected chi connectivity index (χ0v) is 16.1. The number of fused-ring (bicyclic) bond motifs is 2. The first-order valence-electron chi connectivity index (χ1n) is 8.71. The van der Waals surface area contributed by atoms with Gasteiger partial charge in [0.25, 0.3) is 0 Å². The van der Waals surface area contributed by atoms with E-state index in [1.807, 2.05) is 68.3 Å². The molecule has 1 aromatic carbocycles. The summed E-state index contributed by atoms with van der Waals surface area (Å²) in [5, 5.41) is 8.33. The molecule has 4 aromatic heterocycles. The van der Waals surface area contributed by atoms with Crippen LogP contribution in [0.1, 0.15) is 13.8 Å². The number of imidazole rings is 1. The van der Waals surface area contributed by atoms with Gasteiger partial charge in [-0.15, -0.1) is 0 Å². The van der Waals surface area contributed by atoms with Crippen molar-refractivity contribution in [2.45, 2.75) is 13.8 Å². The van der Waals surface area contributed by atoms with Crippen molar-refractivity contribution in [2.24, 2.45) is 7.05 Å². The fourth-order valence-corrected chi connectivity index (χ4v) is 3.67. The van der Waals surface area contributed by atoms with Gasteiger partial charge in [-0.25, -0.2) is 15.0 Å². The predicted molar refractivity (Wildman–Crippen MR) is 109 cm³/mol. The normalized spacial score (nSPS) is 10.8. The average molecular weight is 377 g/mol. The van der Waals surface area contributed by atoms with E-state index in [9.17, 15) is 0 Å². The Kier molecular flexibility index (Phi) is 4.55. The highest BCUT2D eigenvalue weighted by atomic mass is 32.1. The maximum atomic E-state index is 4.60. The number of aryl methyl sites for hydroxylation is 1. The summed E-state index contributed by atoms with van der Waals surface area (Å²) < 4.78 is 4.91. The van der Waals surface area contributed by atoms with Gasteiger partial charge in [-0.05, 0) is 12.1 Å². The lowest BCUT2D eigenvalue weighted by molar-refractivity contribution is 0.768. The van der Waals surface area contributed by atoms with E-state index < -0.39 is 0 Å². The van der Waals surface area contributed by atoms with Gasteiger partial charge in [0.15, 0.2) is 16.6 Å². The highest BCUT2D eigenvalue weighted by Gasteiger charge is 2.13. The zero-order valence-electron chi connectivity index (χ0n) is 15.3. The van der Waals surface area contributed by atoms with Crippen molar-refractivity contribution in [3.63, 3.8) is 0 Å². The summed E-state index contributed by atoms with van der Waals surface area (Å²) in [5.74, 6) is 0.677. The van der Waals surface area contributed by atoms with Gasteiger partial charge >= 0.3 is 0 Å². The van der Waals surface area contributed by atoms with Crippen LogP contribution < -0.4 is 5.32 Å². The standard InChI is InChI=1S/C17H13N7S.C2H6/c1-23-10-11(8-20-23)13-9-19-16-15(18-6-7-24(13)16)22-17-21-12-4-2-3-5-14(12)25-17;1-2/h2-10H,1H3,(H,18,21,22);1-2H3. The van der Waals surface area contributed by atoms with Gasteiger partial charge in [-0.1, -0.05) is 37.3 Å². The molecule has 0 saturated carbocycles. The van der Waals surface area contributed by atoms with Gasteiger partial charge in [0.05, 0.1) is 28.3 Å². The van der Waals surface area contributed by atoms with Crippen molar-refractivity contribution in [2.75, 3.05) is 5.32 Å². The number of hydrogen-bond acceptors (Lipinski definition) is 6. The maximum absolute atomic E-state index is 4.60. The lowest BCUT2D eigenvalue weighted by Crippen LogP contribution is -1.98. The predicted octanol–water partition coefficient (Wildman–Crippen LogP) is 4.51. The summed E-state index contributed by atoms with van der Waals surface area (Å²) in [5.41, 5.74) is 3.70. The highest BCUT2D eigenvalue weighted by molar-refractivity contribution is 7.22. The van der Waals surface area contributed by atoms with Crippen molar-refractivity contribution < 1.29 is 0 Å². The average Bonchev–Trinajstić information content (AvgIpc) is 3.40. The van der Waals surface area contributed by atoms with E-state index in [4.69, 9.17) is 0 Å². The van der Waals surface area contributed by atoms with Crippen molar-refractivity contribution in [3.8, 4) is 11.3 Å². The van der Waals surface area contributed by atoms with Crippen LogP contribution in [0.3, 0.4) is 0 Å². The Morgan fingerprint density at radius 2 is 1.93 bits per heavy atom. The van der Waals surface area contributed by atoms with E-state index in [2.05, 4.69) is 31.4 Å². The quantitative estimate of drug-likeness (QED) is 0.501. The van der Waals surface area contributed by atoms with Crippen LogP contribution in [0, 0.1) is 0 Å². The zero-order chi connectivity index (χ0) is 18.8. The minimum absolute atomic E-state index is 0.677. The van der Waals surface area contributed by atoms with Gasteiger partial charge in [0.2, 0.25) is 0 Å². The molecule has 0 saturated heterocycles. The molecule has 1 N–H and O–H groups in total. The van der Waals surface area contributed by atoms with Crippen LogP contribution in [0.5, 0.6) is 0 Å². The number of nitrogens with one attached hydrogen (secondary N) is 1. The maximum Gasteiger partial charge on any atom is 0.189 e. The van der Waals surface area contributed by atoms with Gasteiger partial charge in [0, 0.05) is 31.2 Å². The summed E-state index contributed by atoms with van der Waals surface area (Å²) in [7, 11) is 1.90. The summed E-state index contributed by atoms with van der Waals surface area (Å²) in [6.45, 7) is 4.00. The second kappa shape index (κ2) is 7.16. The molecular weight excluding hydrogens is 358 g/mol. The Morgan fingerprint density at radius 1 is 1.07 bits per heavy atom. The number of hydrogen-bond donors (Lipinski definition) is 1. The SMILES string of the molecule is CC.Cn1cc(-c2cnc3c(Nc4nc5ccccc5s4)nccn23)cn1. The van der Waals surface area contributed by atoms with Crippen molar-refractivity contribution in [3.05, 3.63) is 55.2 Å². The molecule has 7 nitrogen and oxygen atoms in total. The summed E-state index contributed by atoms with van der Waals surface area (Å²) >= 11 is 1.59. The van der Waals surface area contributed by atoms with Gasteiger partial charge in [-0.2, -0.15) is 5.10 Å². The third-order valence-electron chi connectivity index (χ3n) is 3.95. The fourth-order valence-electron chi connectivity index (χ4n) is 2.80. The summed E-state index contributed by atoms with van der Waals surface area (Å²) in [6.07, 6.45) is 9.27. The largest absolute Gasteiger partial charge is 0.313 e. The van der Waals surface area contributed by atoms with Crippen LogP contribution in [0.15, 0.2) is 55.2 Å². The number of anilines is 2. The van der Waals surface area contributed by atoms with Crippen LogP contribution in [0.2, 0.25) is 0 Å². The molecule has 0 radical (unpaired) electrons. The van der Waals surface area contributed by atoms with E-state index >= 15 is 0 Å². The van der Waals surface area contributed by atoms with Crippen molar-refractivity contribution >= 4 is 38.2 Å². The minimum Gasteiger partial charge on any atom is -0.313 e. The Labute approximate surface area is 160 Å². The number of para-hydroxylation sites is 1. The molecule has 5 rings (SSSR count). The smallest absolute Gasteiger partial charge is 0.189 e. The van der Waals surface area contributed by atoms with Crippen LogP contribution in [-0.4, -0.2) is 29.1 Å². The fraction of sp³-hybridized carbons (Fsp3) is 0.158. The molecule has 0 bridgehead atoms. The monoisotopic (exact) mass is 377 g/mol. The Balaban J connectivity index is 0.000000872. The Bertz CT molecular complexity index is 1170. The second-order valence-electron chi connectivity index (χ2n) is 5.63. The number of benzene rings is 1. The van der Waals surface area contributed by atoms with Gasteiger partial charge in [0.1, 0.15) is 0 Å². The van der Waals surface area contributed by atoms with E-state index in [0.29, 0.717) is 5.82 Å². The third-order valence-corrected chi connectivity index (χ3v) is 4.90. The van der Waals surface area contributed by atoms with Crippen LogP contribution in [0.4, 0.5) is 10.9 Å². The molecule has 0 aliphatic heterocycles. The molecule has 0 aliphatic carbocycles. The molecule has 5 aromatic rings. The molecule has 0 fully saturated rings. The molecule has 0 spiro atoms. The van der Waals surface area contributed by atoms with Gasteiger partial charge < -0.3 is 5.32 Å². The number of aromatic nitrogens is 6. The van der Waals surface area contributed by atoms with Crippen molar-refractivity contribution in [1.29, 1.82) is 0 Å². The minimum atomic E-state index is 0.677. The number of nitrogens with zero attached hydrogens (tertiary/aromatic N) is 6. The Morgan fingerprint density at radius 3 is 2.70 bits per heavy atom. The van der Waals surface area contributed by atoms with Crippen LogP contribution >= 0.6 is 11.3 Å². The number of rotatable bonds is 3. The number of thiazole rings is 1. The lowest BCUT2D eigenvalue weighted by Gasteiger charge is -2.04. The Hall–Kier alpha value is -3.26. The molecule has 136 valence electrons. The molecule has 8 heteroatoms. The lowest BCUT2D eigenvalue weighted by atomic mass is 10.3. The molecular formula is C19H19N7S. The van der Waals surface area contributed by atoms with E-state index in [1.54, 1.807) is 22.2 Å². The molecule has 0 atom stereocenters. The van der Waals surface area contributed by atoms with Crippen LogP contribution in [-0.2, 0) is 7.05 Å². The first-order valence-corrected chi connectivity index (χ1v) is 9.53. The van der Waals surface area contributed by atoms with Gasteiger partial charge in [-0.3, -0.25) is 9.08 Å². The third kappa shape index (κ3) is 3.15. The molecule has 0 aliphatic rings. The highest BCUT2D eigenvalue weighted by Crippen LogP contribution is 2.29.